The first-order chi connectivity index (χ1) is 13.6. The predicted octanol–water partition coefficient (Wildman–Crippen LogP) is 3.69. The summed E-state index contributed by atoms with van der Waals surface area (Å²) < 4.78 is 15.9. The topological polar surface area (TPSA) is 69.7 Å². The number of nitrogens with zero attached hydrogens (tertiary/aromatic N) is 1. The summed E-state index contributed by atoms with van der Waals surface area (Å²) in [5.74, 6) is 1.08. The van der Waals surface area contributed by atoms with Crippen LogP contribution in [0.1, 0.15) is 26.6 Å². The highest BCUT2D eigenvalue weighted by Crippen LogP contribution is 2.38. The zero-order valence-electron chi connectivity index (χ0n) is 16.0. The number of nitrogens with one attached hydrogen (secondary N) is 1. The lowest BCUT2D eigenvalue weighted by atomic mass is 10.1. The summed E-state index contributed by atoms with van der Waals surface area (Å²) in [5, 5.41) is 5.87. The fourth-order valence-electron chi connectivity index (χ4n) is 2.77. The molecule has 3 rings (SSSR count). The first-order valence-corrected chi connectivity index (χ1v) is 9.58. The molecular weight excluding hydrogens is 376 g/mol. The van der Waals surface area contributed by atoms with E-state index in [1.165, 1.54) is 26.9 Å². The lowest BCUT2D eigenvalue weighted by Gasteiger charge is -2.13. The maximum atomic E-state index is 12.6. The Hall–Kier alpha value is -3.06. The molecule has 1 heterocycles. The summed E-state index contributed by atoms with van der Waals surface area (Å²) in [5.41, 5.74) is 2.47. The number of hydrogen-bond acceptors (Lipinski definition) is 6. The standard InChI is InChI=1S/C21H22N2O4S/c1-25-17-10-15(11-18(26-2)20(17)27-3)21(24)22-12-16-13-28-19(23-16)9-14-7-5-4-6-8-14/h4-8,10-11,13H,9,12H2,1-3H3,(H,22,24). The molecule has 0 bridgehead atoms. The van der Waals surface area contributed by atoms with Gasteiger partial charge in [-0.25, -0.2) is 4.98 Å². The molecule has 0 spiro atoms. The van der Waals surface area contributed by atoms with Crippen LogP contribution in [0.25, 0.3) is 0 Å². The number of rotatable bonds is 8. The van der Waals surface area contributed by atoms with Gasteiger partial charge in [0.05, 0.1) is 38.6 Å². The van der Waals surface area contributed by atoms with Gasteiger partial charge in [-0.15, -0.1) is 11.3 Å². The molecule has 1 aromatic heterocycles. The van der Waals surface area contributed by atoms with Crippen molar-refractivity contribution in [3.05, 3.63) is 69.7 Å². The molecular formula is C21H22N2O4S. The van der Waals surface area contributed by atoms with Gasteiger partial charge in [-0.3, -0.25) is 4.79 Å². The molecule has 7 heteroatoms. The Labute approximate surface area is 168 Å². The first kappa shape index (κ1) is 19.7. The van der Waals surface area contributed by atoms with Crippen LogP contribution >= 0.6 is 11.3 Å². The molecule has 0 aliphatic heterocycles. The Morgan fingerprint density at radius 1 is 1.04 bits per heavy atom. The molecule has 3 aromatic rings. The quantitative estimate of drug-likeness (QED) is 0.627. The van der Waals surface area contributed by atoms with Gasteiger partial charge in [0.25, 0.3) is 5.91 Å². The zero-order chi connectivity index (χ0) is 19.9. The predicted molar refractivity (Wildman–Crippen MR) is 109 cm³/mol. The third-order valence-electron chi connectivity index (χ3n) is 4.15. The second-order valence-corrected chi connectivity index (χ2v) is 6.93. The number of methoxy groups -OCH3 is 3. The average Bonchev–Trinajstić information content (AvgIpc) is 3.18. The molecule has 28 heavy (non-hydrogen) atoms. The second kappa shape index (κ2) is 9.23. The first-order valence-electron chi connectivity index (χ1n) is 8.70. The molecule has 1 N–H and O–H groups in total. The lowest BCUT2D eigenvalue weighted by Crippen LogP contribution is -2.23. The van der Waals surface area contributed by atoms with Gasteiger partial charge in [0.1, 0.15) is 0 Å². The number of ether oxygens (including phenoxy) is 3. The number of benzene rings is 2. The monoisotopic (exact) mass is 398 g/mol. The highest BCUT2D eigenvalue weighted by Gasteiger charge is 2.17. The van der Waals surface area contributed by atoms with Crippen molar-refractivity contribution in [2.24, 2.45) is 0 Å². The van der Waals surface area contributed by atoms with Gasteiger partial charge in [-0.05, 0) is 17.7 Å². The van der Waals surface area contributed by atoms with Gasteiger partial charge in [0.2, 0.25) is 5.75 Å². The van der Waals surface area contributed by atoms with Crippen LogP contribution in [-0.2, 0) is 13.0 Å². The van der Waals surface area contributed by atoms with Crippen LogP contribution in [0.15, 0.2) is 47.8 Å². The Balaban J connectivity index is 1.66. The third kappa shape index (κ3) is 4.61. The zero-order valence-corrected chi connectivity index (χ0v) is 16.8. The molecule has 0 aliphatic carbocycles. The van der Waals surface area contributed by atoms with Crippen LogP contribution in [0.4, 0.5) is 0 Å². The molecule has 0 saturated carbocycles. The fraction of sp³-hybridized carbons (Fsp3) is 0.238. The van der Waals surface area contributed by atoms with Crippen molar-refractivity contribution >= 4 is 17.2 Å². The molecule has 146 valence electrons. The van der Waals surface area contributed by atoms with E-state index >= 15 is 0 Å². The van der Waals surface area contributed by atoms with E-state index in [2.05, 4.69) is 22.4 Å². The van der Waals surface area contributed by atoms with Gasteiger partial charge in [0.15, 0.2) is 11.5 Å². The minimum absolute atomic E-state index is 0.239. The molecule has 0 atom stereocenters. The van der Waals surface area contributed by atoms with Gasteiger partial charge in [0, 0.05) is 17.4 Å². The number of hydrogen-bond donors (Lipinski definition) is 1. The number of carbonyl (C=O) groups excluding carboxylic acids is 1. The smallest absolute Gasteiger partial charge is 0.251 e. The summed E-state index contributed by atoms with van der Waals surface area (Å²) in [6, 6.07) is 13.4. The molecule has 6 nitrogen and oxygen atoms in total. The normalized spacial score (nSPS) is 10.4. The van der Waals surface area contributed by atoms with E-state index in [0.717, 1.165) is 17.1 Å². The van der Waals surface area contributed by atoms with E-state index in [-0.39, 0.29) is 5.91 Å². The molecule has 2 aromatic carbocycles. The van der Waals surface area contributed by atoms with E-state index < -0.39 is 0 Å². The lowest BCUT2D eigenvalue weighted by molar-refractivity contribution is 0.0949. The molecule has 1 amide bonds. The van der Waals surface area contributed by atoms with Crippen molar-refractivity contribution in [1.82, 2.24) is 10.3 Å². The van der Waals surface area contributed by atoms with Crippen LogP contribution in [0.3, 0.4) is 0 Å². The van der Waals surface area contributed by atoms with Crippen LogP contribution in [-0.4, -0.2) is 32.2 Å². The van der Waals surface area contributed by atoms with Crippen molar-refractivity contribution in [2.45, 2.75) is 13.0 Å². The molecule has 0 radical (unpaired) electrons. The van der Waals surface area contributed by atoms with Crippen molar-refractivity contribution in [2.75, 3.05) is 21.3 Å². The van der Waals surface area contributed by atoms with Crippen molar-refractivity contribution in [1.29, 1.82) is 0 Å². The van der Waals surface area contributed by atoms with Gasteiger partial charge in [-0.2, -0.15) is 0 Å². The Morgan fingerprint density at radius 3 is 2.32 bits per heavy atom. The summed E-state index contributed by atoms with van der Waals surface area (Å²) in [6.07, 6.45) is 0.784. The average molecular weight is 398 g/mol. The van der Waals surface area contributed by atoms with Crippen LogP contribution < -0.4 is 19.5 Å². The fourth-order valence-corrected chi connectivity index (χ4v) is 3.59. The Kier molecular flexibility index (Phi) is 6.49. The summed E-state index contributed by atoms with van der Waals surface area (Å²) in [4.78, 5) is 17.2. The Bertz CT molecular complexity index is 916. The second-order valence-electron chi connectivity index (χ2n) is 5.99. The van der Waals surface area contributed by atoms with Crippen molar-refractivity contribution in [3.63, 3.8) is 0 Å². The Morgan fingerprint density at radius 2 is 1.71 bits per heavy atom. The third-order valence-corrected chi connectivity index (χ3v) is 5.05. The molecule has 0 fully saturated rings. The highest BCUT2D eigenvalue weighted by atomic mass is 32.1. The van der Waals surface area contributed by atoms with E-state index in [9.17, 15) is 4.79 Å². The maximum absolute atomic E-state index is 12.6. The minimum atomic E-state index is -0.239. The molecule has 0 aliphatic rings. The molecule has 0 unspecified atom stereocenters. The summed E-state index contributed by atoms with van der Waals surface area (Å²) in [6.45, 7) is 0.348. The summed E-state index contributed by atoms with van der Waals surface area (Å²) >= 11 is 1.59. The number of aromatic nitrogens is 1. The number of thiazole rings is 1. The van der Waals surface area contributed by atoms with E-state index in [0.29, 0.717) is 29.4 Å². The molecule has 0 saturated heterocycles. The van der Waals surface area contributed by atoms with Gasteiger partial charge < -0.3 is 19.5 Å². The summed E-state index contributed by atoms with van der Waals surface area (Å²) in [7, 11) is 4.56. The largest absolute Gasteiger partial charge is 0.493 e. The van der Waals surface area contributed by atoms with Gasteiger partial charge >= 0.3 is 0 Å². The van der Waals surface area contributed by atoms with E-state index in [1.54, 1.807) is 23.5 Å². The van der Waals surface area contributed by atoms with Crippen molar-refractivity contribution < 1.29 is 19.0 Å². The highest BCUT2D eigenvalue weighted by molar-refractivity contribution is 7.09. The van der Waals surface area contributed by atoms with E-state index in [4.69, 9.17) is 14.2 Å². The van der Waals surface area contributed by atoms with Crippen molar-refractivity contribution in [3.8, 4) is 17.2 Å². The number of amides is 1. The van der Waals surface area contributed by atoms with Gasteiger partial charge in [-0.1, -0.05) is 30.3 Å². The maximum Gasteiger partial charge on any atom is 0.251 e. The van der Waals surface area contributed by atoms with Crippen LogP contribution in [0, 0.1) is 0 Å². The van der Waals surface area contributed by atoms with E-state index in [1.807, 2.05) is 23.6 Å². The van der Waals surface area contributed by atoms with Crippen LogP contribution in [0.2, 0.25) is 0 Å². The minimum Gasteiger partial charge on any atom is -0.493 e. The SMILES string of the molecule is COc1cc(C(=O)NCc2csc(Cc3ccccc3)n2)cc(OC)c1OC. The number of carbonyl (C=O) groups is 1. The van der Waals surface area contributed by atoms with Crippen LogP contribution in [0.5, 0.6) is 17.2 Å².